The Hall–Kier alpha value is -1.19. The molecule has 0 aromatic heterocycles. The van der Waals surface area contributed by atoms with Crippen molar-refractivity contribution in [2.24, 2.45) is 0 Å². The number of hydrogen-bond donors (Lipinski definition) is 1. The minimum absolute atomic E-state index is 0.560. The highest BCUT2D eigenvalue weighted by atomic mass is 79.9. The fourth-order valence-electron chi connectivity index (χ4n) is 1.25. The first-order valence-electron chi connectivity index (χ1n) is 4.63. The predicted octanol–water partition coefficient (Wildman–Crippen LogP) is 4.48. The first-order valence-corrected chi connectivity index (χ1v) is 5.81. The van der Waals surface area contributed by atoms with Gasteiger partial charge >= 0.3 is 0 Å². The van der Waals surface area contributed by atoms with Gasteiger partial charge in [-0.05, 0) is 30.3 Å². The van der Waals surface area contributed by atoms with Crippen LogP contribution in [0.4, 0.5) is 5.69 Å². The van der Waals surface area contributed by atoms with Gasteiger partial charge in [0.2, 0.25) is 0 Å². The van der Waals surface area contributed by atoms with Gasteiger partial charge in [0, 0.05) is 15.6 Å². The largest absolute Gasteiger partial charge is 0.455 e. The molecule has 4 heteroatoms. The molecule has 82 valence electrons. The van der Waals surface area contributed by atoms with Crippen LogP contribution in [-0.2, 0) is 0 Å². The number of ether oxygens (including phenoxy) is 1. The fraction of sp³-hybridized carbons (Fsp3) is 0. The molecule has 0 aliphatic carbocycles. The third kappa shape index (κ3) is 2.68. The van der Waals surface area contributed by atoms with E-state index in [4.69, 9.17) is 22.1 Å². The summed E-state index contributed by atoms with van der Waals surface area (Å²) in [5.74, 6) is 1.27. The molecule has 2 nitrogen and oxygen atoms in total. The van der Waals surface area contributed by atoms with Crippen LogP contribution in [0.3, 0.4) is 0 Å². The van der Waals surface area contributed by atoms with Gasteiger partial charge < -0.3 is 10.5 Å². The third-order valence-electron chi connectivity index (χ3n) is 2.00. The first kappa shape index (κ1) is 11.3. The highest BCUT2D eigenvalue weighted by molar-refractivity contribution is 9.10. The molecule has 0 fully saturated rings. The molecule has 0 amide bonds. The molecule has 0 saturated carbocycles. The van der Waals surface area contributed by atoms with E-state index in [0.29, 0.717) is 22.2 Å². The Balaban J connectivity index is 2.30. The molecule has 16 heavy (non-hydrogen) atoms. The molecule has 0 aliphatic rings. The average Bonchev–Trinajstić information content (AvgIpc) is 2.24. The van der Waals surface area contributed by atoms with E-state index < -0.39 is 0 Å². The predicted molar refractivity (Wildman–Crippen MR) is 70.1 cm³/mol. The molecule has 0 radical (unpaired) electrons. The molecule has 0 spiro atoms. The molecular formula is C12H9BrClNO. The van der Waals surface area contributed by atoms with Crippen LogP contribution >= 0.6 is 27.5 Å². The summed E-state index contributed by atoms with van der Waals surface area (Å²) >= 11 is 9.24. The van der Waals surface area contributed by atoms with Gasteiger partial charge in [0.1, 0.15) is 5.75 Å². The summed E-state index contributed by atoms with van der Waals surface area (Å²) in [4.78, 5) is 0. The van der Waals surface area contributed by atoms with Crippen LogP contribution < -0.4 is 10.5 Å². The summed E-state index contributed by atoms with van der Waals surface area (Å²) in [6.45, 7) is 0. The Morgan fingerprint density at radius 3 is 2.69 bits per heavy atom. The number of hydrogen-bond acceptors (Lipinski definition) is 2. The first-order chi connectivity index (χ1) is 7.65. The summed E-state index contributed by atoms with van der Waals surface area (Å²) < 4.78 is 6.58. The van der Waals surface area contributed by atoms with Gasteiger partial charge in [-0.25, -0.2) is 0 Å². The van der Waals surface area contributed by atoms with Crippen molar-refractivity contribution < 1.29 is 4.74 Å². The monoisotopic (exact) mass is 297 g/mol. The number of anilines is 1. The topological polar surface area (TPSA) is 35.2 Å². The van der Waals surface area contributed by atoms with E-state index in [1.54, 1.807) is 18.2 Å². The number of nitrogen functional groups attached to an aromatic ring is 1. The van der Waals surface area contributed by atoms with E-state index in [-0.39, 0.29) is 0 Å². The Kier molecular flexibility index (Phi) is 3.36. The molecule has 0 aliphatic heterocycles. The van der Waals surface area contributed by atoms with E-state index in [2.05, 4.69) is 15.9 Å². The molecule has 2 aromatic rings. The van der Waals surface area contributed by atoms with Gasteiger partial charge in [0.15, 0.2) is 5.75 Å². The lowest BCUT2D eigenvalue weighted by Gasteiger charge is -2.08. The molecule has 0 atom stereocenters. The molecule has 0 unspecified atom stereocenters. The van der Waals surface area contributed by atoms with Crippen molar-refractivity contribution in [3.63, 3.8) is 0 Å². The van der Waals surface area contributed by atoms with Crippen LogP contribution in [0.1, 0.15) is 0 Å². The Bertz CT molecular complexity index is 516. The van der Waals surface area contributed by atoms with Crippen LogP contribution in [-0.4, -0.2) is 0 Å². The molecule has 2 rings (SSSR count). The normalized spacial score (nSPS) is 10.1. The van der Waals surface area contributed by atoms with E-state index in [9.17, 15) is 0 Å². The maximum absolute atomic E-state index is 5.87. The lowest BCUT2D eigenvalue weighted by atomic mass is 10.3. The van der Waals surface area contributed by atoms with Crippen molar-refractivity contribution in [3.05, 3.63) is 52.0 Å². The van der Waals surface area contributed by atoms with Gasteiger partial charge in [0.25, 0.3) is 0 Å². The Labute approximate surface area is 107 Å². The van der Waals surface area contributed by atoms with Gasteiger partial charge in [-0.15, -0.1) is 0 Å². The Morgan fingerprint density at radius 2 is 1.94 bits per heavy atom. The van der Waals surface area contributed by atoms with Crippen molar-refractivity contribution in [3.8, 4) is 11.5 Å². The number of benzene rings is 2. The quantitative estimate of drug-likeness (QED) is 0.830. The van der Waals surface area contributed by atoms with Crippen LogP contribution in [0, 0.1) is 0 Å². The molecule has 0 bridgehead atoms. The van der Waals surface area contributed by atoms with E-state index in [0.717, 1.165) is 4.47 Å². The zero-order chi connectivity index (χ0) is 11.5. The smallest absolute Gasteiger partial charge is 0.151 e. The van der Waals surface area contributed by atoms with Crippen molar-refractivity contribution in [2.75, 3.05) is 5.73 Å². The van der Waals surface area contributed by atoms with Crippen LogP contribution in [0.25, 0.3) is 0 Å². The number of halogens is 2. The average molecular weight is 299 g/mol. The van der Waals surface area contributed by atoms with Gasteiger partial charge in [-0.3, -0.25) is 0 Å². The van der Waals surface area contributed by atoms with Crippen molar-refractivity contribution in [1.29, 1.82) is 0 Å². The SMILES string of the molecule is Nc1ccc(Cl)cc1Oc1cccc(Br)c1. The molecular weight excluding hydrogens is 289 g/mol. The molecule has 0 heterocycles. The molecule has 0 saturated heterocycles. The second kappa shape index (κ2) is 4.76. The zero-order valence-electron chi connectivity index (χ0n) is 8.28. The minimum Gasteiger partial charge on any atom is -0.455 e. The minimum atomic E-state index is 0.560. The molecule has 2 N–H and O–H groups in total. The molecule has 2 aromatic carbocycles. The van der Waals surface area contributed by atoms with Crippen LogP contribution in [0.5, 0.6) is 11.5 Å². The maximum atomic E-state index is 5.87. The summed E-state index contributed by atoms with van der Waals surface area (Å²) in [6.07, 6.45) is 0. The van der Waals surface area contributed by atoms with Crippen molar-refractivity contribution in [1.82, 2.24) is 0 Å². The third-order valence-corrected chi connectivity index (χ3v) is 2.73. The number of nitrogens with two attached hydrogens (primary N) is 1. The lowest BCUT2D eigenvalue weighted by Crippen LogP contribution is -1.91. The van der Waals surface area contributed by atoms with Crippen molar-refractivity contribution >= 4 is 33.2 Å². The van der Waals surface area contributed by atoms with E-state index in [1.807, 2.05) is 24.3 Å². The second-order valence-electron chi connectivity index (χ2n) is 3.24. The Morgan fingerprint density at radius 1 is 1.12 bits per heavy atom. The lowest BCUT2D eigenvalue weighted by molar-refractivity contribution is 0.485. The van der Waals surface area contributed by atoms with Gasteiger partial charge in [0.05, 0.1) is 5.69 Å². The number of rotatable bonds is 2. The van der Waals surface area contributed by atoms with E-state index in [1.165, 1.54) is 0 Å². The fourth-order valence-corrected chi connectivity index (χ4v) is 1.79. The standard InChI is InChI=1S/C12H9BrClNO/c13-8-2-1-3-10(6-8)16-12-7-9(14)4-5-11(12)15/h1-7H,15H2. The highest BCUT2D eigenvalue weighted by Gasteiger charge is 2.03. The van der Waals surface area contributed by atoms with E-state index >= 15 is 0 Å². The second-order valence-corrected chi connectivity index (χ2v) is 4.59. The zero-order valence-corrected chi connectivity index (χ0v) is 10.6. The van der Waals surface area contributed by atoms with Gasteiger partial charge in [-0.1, -0.05) is 33.6 Å². The van der Waals surface area contributed by atoms with Crippen molar-refractivity contribution in [2.45, 2.75) is 0 Å². The summed E-state index contributed by atoms with van der Waals surface area (Å²) in [5.41, 5.74) is 6.34. The maximum Gasteiger partial charge on any atom is 0.151 e. The van der Waals surface area contributed by atoms with Crippen LogP contribution in [0.15, 0.2) is 46.9 Å². The summed E-state index contributed by atoms with van der Waals surface area (Å²) in [7, 11) is 0. The summed E-state index contributed by atoms with van der Waals surface area (Å²) in [5, 5.41) is 0.596. The highest BCUT2D eigenvalue weighted by Crippen LogP contribution is 2.31. The summed E-state index contributed by atoms with van der Waals surface area (Å²) in [6, 6.07) is 12.7. The van der Waals surface area contributed by atoms with Gasteiger partial charge in [-0.2, -0.15) is 0 Å². The van der Waals surface area contributed by atoms with Crippen LogP contribution in [0.2, 0.25) is 5.02 Å².